The Kier molecular flexibility index (Phi) is 7.05. The molecule has 1 amide bonds. The average Bonchev–Trinajstić information content (AvgIpc) is 2.81. The highest BCUT2D eigenvalue weighted by Gasteiger charge is 2.04. The van der Waals surface area contributed by atoms with Crippen molar-refractivity contribution in [3.63, 3.8) is 0 Å². The molecule has 150 valence electrons. The molecule has 0 aliphatic heterocycles. The Hall–Kier alpha value is -4.26. The number of carbonyl (C=O) groups excluding carboxylic acids is 2. The fourth-order valence-electron chi connectivity index (χ4n) is 2.36. The molecule has 0 heterocycles. The van der Waals surface area contributed by atoms with Gasteiger partial charge in [0.25, 0.3) is 5.91 Å². The Morgan fingerprint density at radius 2 is 1.60 bits per heavy atom. The molecule has 0 atom stereocenters. The van der Waals surface area contributed by atoms with Gasteiger partial charge in [0.05, 0.1) is 18.5 Å². The summed E-state index contributed by atoms with van der Waals surface area (Å²) >= 11 is 0. The van der Waals surface area contributed by atoms with Crippen LogP contribution in [0.3, 0.4) is 0 Å². The van der Waals surface area contributed by atoms with Gasteiger partial charge in [-0.15, -0.1) is 10.2 Å². The summed E-state index contributed by atoms with van der Waals surface area (Å²) in [5, 5.41) is 7.63. The summed E-state index contributed by atoms with van der Waals surface area (Å²) in [7, 11) is 1.55. The van der Waals surface area contributed by atoms with Gasteiger partial charge in [-0.2, -0.15) is 0 Å². The zero-order chi connectivity index (χ0) is 21.2. The number of ether oxygens (including phenoxy) is 1. The molecule has 0 aromatic heterocycles. The van der Waals surface area contributed by atoms with Crippen molar-refractivity contribution in [3.05, 3.63) is 96.1 Å². The van der Waals surface area contributed by atoms with Gasteiger partial charge in [0.15, 0.2) is 0 Å². The maximum absolute atomic E-state index is 12.0. The van der Waals surface area contributed by atoms with E-state index in [0.717, 1.165) is 5.56 Å². The molecule has 0 aliphatic rings. The van der Waals surface area contributed by atoms with E-state index in [1.165, 1.54) is 6.08 Å². The molecule has 3 rings (SSSR count). The number of amides is 1. The van der Waals surface area contributed by atoms with Crippen LogP contribution in [-0.2, 0) is 9.63 Å². The minimum atomic E-state index is -0.535. The van der Waals surface area contributed by atoms with Gasteiger partial charge in [0.2, 0.25) is 0 Å². The number of hydrogen-bond acceptors (Lipinski definition) is 6. The molecule has 0 spiro atoms. The second kappa shape index (κ2) is 10.3. The first-order chi connectivity index (χ1) is 14.6. The Bertz CT molecular complexity index is 1040. The van der Waals surface area contributed by atoms with Crippen LogP contribution in [0.25, 0.3) is 6.08 Å². The normalized spacial score (nSPS) is 10.8. The molecular weight excluding hydrogens is 382 g/mol. The third kappa shape index (κ3) is 6.13. The number of anilines is 1. The molecule has 3 aromatic rings. The van der Waals surface area contributed by atoms with Crippen LogP contribution in [0, 0.1) is 0 Å². The van der Waals surface area contributed by atoms with Gasteiger partial charge in [0, 0.05) is 11.6 Å². The summed E-state index contributed by atoms with van der Waals surface area (Å²) < 4.78 is 5.05. The number of methoxy groups -OCH3 is 1. The van der Waals surface area contributed by atoms with Crippen LogP contribution in [0.2, 0.25) is 0 Å². The lowest BCUT2D eigenvalue weighted by Crippen LogP contribution is -2.07. The van der Waals surface area contributed by atoms with Crippen molar-refractivity contribution in [1.82, 2.24) is 0 Å². The first kappa shape index (κ1) is 20.5. The third-order valence-corrected chi connectivity index (χ3v) is 3.94. The Labute approximate surface area is 173 Å². The van der Waals surface area contributed by atoms with Gasteiger partial charge in [0.1, 0.15) is 5.75 Å². The van der Waals surface area contributed by atoms with Gasteiger partial charge in [-0.05, 0) is 60.2 Å². The van der Waals surface area contributed by atoms with E-state index in [1.54, 1.807) is 61.7 Å². The number of benzene rings is 3. The number of azo groups is 1. The van der Waals surface area contributed by atoms with E-state index < -0.39 is 11.9 Å². The lowest BCUT2D eigenvalue weighted by Gasteiger charge is -2.04. The van der Waals surface area contributed by atoms with Crippen LogP contribution in [0.5, 0.6) is 5.75 Å². The second-order valence-electron chi connectivity index (χ2n) is 6.05. The van der Waals surface area contributed by atoms with Crippen molar-refractivity contribution < 1.29 is 19.2 Å². The largest absolute Gasteiger partial charge is 0.497 e. The molecule has 0 fully saturated rings. The van der Waals surface area contributed by atoms with Crippen LogP contribution < -0.4 is 10.2 Å². The maximum Gasteiger partial charge on any atom is 0.355 e. The minimum absolute atomic E-state index is 0.410. The van der Waals surface area contributed by atoms with Gasteiger partial charge in [-0.25, -0.2) is 10.3 Å². The molecule has 1 N–H and O–H groups in total. The van der Waals surface area contributed by atoms with Crippen LogP contribution >= 0.6 is 0 Å². The summed E-state index contributed by atoms with van der Waals surface area (Å²) in [6, 6.07) is 22.6. The minimum Gasteiger partial charge on any atom is -0.497 e. The highest BCUT2D eigenvalue weighted by atomic mass is 16.7. The van der Waals surface area contributed by atoms with Crippen molar-refractivity contribution >= 4 is 29.3 Å². The Balaban J connectivity index is 1.50. The third-order valence-electron chi connectivity index (χ3n) is 3.94. The fraction of sp³-hybridized carbons (Fsp3) is 0.0435. The predicted octanol–water partition coefficient (Wildman–Crippen LogP) is 5.20. The van der Waals surface area contributed by atoms with E-state index in [0.29, 0.717) is 22.7 Å². The summed E-state index contributed by atoms with van der Waals surface area (Å²) in [6.45, 7) is 0. The average molecular weight is 401 g/mol. The topological polar surface area (TPSA) is 89.3 Å². The molecule has 0 radical (unpaired) electrons. The lowest BCUT2D eigenvalue weighted by atomic mass is 10.2. The fourth-order valence-corrected chi connectivity index (χ4v) is 2.36. The maximum atomic E-state index is 12.0. The van der Waals surface area contributed by atoms with E-state index in [2.05, 4.69) is 15.7 Å². The SMILES string of the molecule is COc1ccc(C(=O)N=Nc2ccc(NOC(=O)C=Cc3ccccc3)cc2)cc1. The molecule has 30 heavy (non-hydrogen) atoms. The van der Waals surface area contributed by atoms with Crippen molar-refractivity contribution in [2.75, 3.05) is 12.6 Å². The van der Waals surface area contributed by atoms with Crippen molar-refractivity contribution in [2.24, 2.45) is 10.2 Å². The van der Waals surface area contributed by atoms with Crippen LogP contribution in [0.1, 0.15) is 15.9 Å². The molecule has 7 heteroatoms. The van der Waals surface area contributed by atoms with Crippen molar-refractivity contribution in [3.8, 4) is 5.75 Å². The molecular formula is C23H19N3O4. The van der Waals surface area contributed by atoms with Gasteiger partial charge >= 0.3 is 5.97 Å². The zero-order valence-corrected chi connectivity index (χ0v) is 16.2. The molecule has 0 saturated carbocycles. The van der Waals surface area contributed by atoms with Crippen molar-refractivity contribution in [1.29, 1.82) is 0 Å². The van der Waals surface area contributed by atoms with Gasteiger partial charge in [-0.1, -0.05) is 30.3 Å². The van der Waals surface area contributed by atoms with E-state index >= 15 is 0 Å². The summed E-state index contributed by atoms with van der Waals surface area (Å²) in [5.41, 5.74) is 4.90. The van der Waals surface area contributed by atoms with E-state index in [4.69, 9.17) is 9.57 Å². The van der Waals surface area contributed by atoms with Crippen LogP contribution in [0.4, 0.5) is 11.4 Å². The first-order valence-corrected chi connectivity index (χ1v) is 9.04. The van der Waals surface area contributed by atoms with E-state index in [1.807, 2.05) is 30.3 Å². The standard InChI is InChI=1S/C23H19N3O4/c1-29-21-14-8-18(9-15-21)23(28)25-24-19-10-12-20(13-11-19)26-30-22(27)16-7-17-5-3-2-4-6-17/h2-16,26H,1H3. The predicted molar refractivity (Wildman–Crippen MR) is 113 cm³/mol. The summed E-state index contributed by atoms with van der Waals surface area (Å²) in [6.07, 6.45) is 2.99. The Morgan fingerprint density at radius 3 is 2.27 bits per heavy atom. The van der Waals surface area contributed by atoms with E-state index in [-0.39, 0.29) is 0 Å². The molecule has 7 nitrogen and oxygen atoms in total. The quantitative estimate of drug-likeness (QED) is 0.334. The molecule has 0 saturated heterocycles. The number of hydrogen-bond donors (Lipinski definition) is 1. The molecule has 0 bridgehead atoms. The lowest BCUT2D eigenvalue weighted by molar-refractivity contribution is -0.134. The molecule has 0 unspecified atom stereocenters. The van der Waals surface area contributed by atoms with Crippen LogP contribution in [0.15, 0.2) is 95.2 Å². The number of carbonyl (C=O) groups is 2. The summed E-state index contributed by atoms with van der Waals surface area (Å²) in [5.74, 6) is -0.338. The first-order valence-electron chi connectivity index (χ1n) is 9.04. The number of rotatable bonds is 7. The zero-order valence-electron chi connectivity index (χ0n) is 16.2. The summed E-state index contributed by atoms with van der Waals surface area (Å²) in [4.78, 5) is 28.8. The number of nitrogens with zero attached hydrogens (tertiary/aromatic N) is 2. The Morgan fingerprint density at radius 1 is 0.900 bits per heavy atom. The highest BCUT2D eigenvalue weighted by molar-refractivity contribution is 5.94. The van der Waals surface area contributed by atoms with Gasteiger partial charge < -0.3 is 9.57 Å². The smallest absolute Gasteiger partial charge is 0.355 e. The highest BCUT2D eigenvalue weighted by Crippen LogP contribution is 2.18. The number of nitrogens with one attached hydrogen (secondary N) is 1. The second-order valence-corrected chi connectivity index (χ2v) is 6.05. The monoisotopic (exact) mass is 401 g/mol. The molecule has 0 aliphatic carbocycles. The van der Waals surface area contributed by atoms with E-state index in [9.17, 15) is 9.59 Å². The van der Waals surface area contributed by atoms with Crippen molar-refractivity contribution in [2.45, 2.75) is 0 Å². The van der Waals surface area contributed by atoms with Gasteiger partial charge in [-0.3, -0.25) is 4.79 Å². The van der Waals surface area contributed by atoms with Crippen LogP contribution in [-0.4, -0.2) is 19.0 Å². The molecule has 3 aromatic carbocycles.